The van der Waals surface area contributed by atoms with E-state index in [2.05, 4.69) is 0 Å². The third kappa shape index (κ3) is 3.69. The van der Waals surface area contributed by atoms with Gasteiger partial charge in [0.15, 0.2) is 4.34 Å². The van der Waals surface area contributed by atoms with E-state index in [1.807, 2.05) is 13.8 Å². The van der Waals surface area contributed by atoms with Gasteiger partial charge in [0.05, 0.1) is 4.92 Å². The number of sulfonamides is 1. The Hall–Kier alpha value is -0.700. The summed E-state index contributed by atoms with van der Waals surface area (Å²) in [6.07, 6.45) is 0.858. The van der Waals surface area contributed by atoms with Crippen molar-refractivity contribution in [1.82, 2.24) is 4.31 Å². The van der Waals surface area contributed by atoms with E-state index < -0.39 is 14.9 Å². The Balaban J connectivity index is 3.14. The van der Waals surface area contributed by atoms with Crippen molar-refractivity contribution < 1.29 is 13.3 Å². The molecule has 9 heteroatoms. The van der Waals surface area contributed by atoms with Gasteiger partial charge in [-0.3, -0.25) is 10.1 Å². The Morgan fingerprint density at radius 2 is 2.10 bits per heavy atom. The molecule has 20 heavy (non-hydrogen) atoms. The van der Waals surface area contributed by atoms with E-state index >= 15 is 0 Å². The monoisotopic (exact) mass is 340 g/mol. The van der Waals surface area contributed by atoms with Crippen molar-refractivity contribution in [2.24, 2.45) is 5.92 Å². The molecule has 6 nitrogen and oxygen atoms in total. The van der Waals surface area contributed by atoms with Gasteiger partial charge in [-0.25, -0.2) is 8.42 Å². The van der Waals surface area contributed by atoms with Gasteiger partial charge in [0.25, 0.3) is 15.7 Å². The maximum Gasteiger partial charge on any atom is 0.300 e. The SMILES string of the molecule is CCC(C)CN(CC)S(=O)(=O)c1cc([N+](=O)[O-])c(Cl)s1. The second-order valence-electron chi connectivity index (χ2n) is 4.45. The first-order valence-electron chi connectivity index (χ1n) is 6.17. The maximum absolute atomic E-state index is 12.5. The van der Waals surface area contributed by atoms with Crippen molar-refractivity contribution in [1.29, 1.82) is 0 Å². The van der Waals surface area contributed by atoms with Gasteiger partial charge in [0.2, 0.25) is 0 Å². The molecule has 0 spiro atoms. The lowest BCUT2D eigenvalue weighted by Gasteiger charge is -2.22. The van der Waals surface area contributed by atoms with Crippen LogP contribution in [-0.4, -0.2) is 30.7 Å². The number of halogens is 1. The molecule has 0 radical (unpaired) electrons. The molecule has 0 aliphatic heterocycles. The van der Waals surface area contributed by atoms with Crippen molar-refractivity contribution in [2.45, 2.75) is 31.4 Å². The van der Waals surface area contributed by atoms with Crippen LogP contribution < -0.4 is 0 Å². The van der Waals surface area contributed by atoms with Crippen molar-refractivity contribution in [3.05, 3.63) is 20.5 Å². The molecule has 0 aliphatic carbocycles. The van der Waals surface area contributed by atoms with Gasteiger partial charge in [-0.1, -0.05) is 38.8 Å². The zero-order valence-corrected chi connectivity index (χ0v) is 13.9. The number of rotatable bonds is 7. The highest BCUT2D eigenvalue weighted by atomic mass is 35.5. The minimum atomic E-state index is -3.73. The van der Waals surface area contributed by atoms with Gasteiger partial charge in [0, 0.05) is 19.2 Å². The Morgan fingerprint density at radius 1 is 1.50 bits per heavy atom. The fourth-order valence-corrected chi connectivity index (χ4v) is 4.98. The van der Waals surface area contributed by atoms with Gasteiger partial charge in [-0.05, 0) is 5.92 Å². The Labute approximate surface area is 127 Å². The summed E-state index contributed by atoms with van der Waals surface area (Å²) in [6, 6.07) is 1.03. The van der Waals surface area contributed by atoms with E-state index in [0.29, 0.717) is 13.1 Å². The molecule has 1 heterocycles. The van der Waals surface area contributed by atoms with E-state index in [9.17, 15) is 18.5 Å². The first-order chi connectivity index (χ1) is 9.23. The first-order valence-corrected chi connectivity index (χ1v) is 8.81. The lowest BCUT2D eigenvalue weighted by atomic mass is 10.1. The molecule has 1 rings (SSSR count). The molecule has 1 aromatic heterocycles. The Bertz CT molecular complexity index is 585. The quantitative estimate of drug-likeness (QED) is 0.563. The summed E-state index contributed by atoms with van der Waals surface area (Å²) in [4.78, 5) is 10.1. The van der Waals surface area contributed by atoms with Gasteiger partial charge >= 0.3 is 0 Å². The summed E-state index contributed by atoms with van der Waals surface area (Å²) in [5.41, 5.74) is -0.366. The van der Waals surface area contributed by atoms with Crippen LogP contribution in [0.25, 0.3) is 0 Å². The molecule has 0 saturated heterocycles. The lowest BCUT2D eigenvalue weighted by molar-refractivity contribution is -0.384. The summed E-state index contributed by atoms with van der Waals surface area (Å²) in [5.74, 6) is 0.218. The van der Waals surface area contributed by atoms with Crippen LogP contribution in [0, 0.1) is 16.0 Å². The zero-order valence-electron chi connectivity index (χ0n) is 11.5. The zero-order chi connectivity index (χ0) is 15.5. The molecule has 0 N–H and O–H groups in total. The maximum atomic E-state index is 12.5. The molecule has 0 fully saturated rings. The number of nitrogens with zero attached hydrogens (tertiary/aromatic N) is 2. The van der Waals surface area contributed by atoms with E-state index in [0.717, 1.165) is 23.8 Å². The van der Waals surface area contributed by atoms with E-state index in [4.69, 9.17) is 11.6 Å². The number of nitro groups is 1. The van der Waals surface area contributed by atoms with Crippen LogP contribution in [0.1, 0.15) is 27.2 Å². The third-order valence-corrected chi connectivity index (χ3v) is 6.73. The molecule has 1 atom stereocenters. The fourth-order valence-electron chi connectivity index (χ4n) is 1.59. The predicted molar refractivity (Wildman–Crippen MR) is 79.9 cm³/mol. The van der Waals surface area contributed by atoms with E-state index in [1.165, 1.54) is 4.31 Å². The predicted octanol–water partition coefficient (Wildman–Crippen LogP) is 3.37. The van der Waals surface area contributed by atoms with Crippen molar-refractivity contribution >= 4 is 38.6 Å². The minimum absolute atomic E-state index is 0.0839. The lowest BCUT2D eigenvalue weighted by Crippen LogP contribution is -2.34. The standard InChI is InChI=1S/C11H17ClN2O4S2/c1-4-8(3)7-13(5-2)20(17,18)10-6-9(14(15)16)11(12)19-10/h6,8H,4-5,7H2,1-3H3. The normalized spacial score (nSPS) is 13.7. The number of hydrogen-bond donors (Lipinski definition) is 0. The minimum Gasteiger partial charge on any atom is -0.258 e. The van der Waals surface area contributed by atoms with Crippen molar-refractivity contribution in [3.8, 4) is 0 Å². The van der Waals surface area contributed by atoms with E-state index in [1.54, 1.807) is 6.92 Å². The molecule has 0 aromatic carbocycles. The van der Waals surface area contributed by atoms with Gasteiger partial charge in [0.1, 0.15) is 4.21 Å². The third-order valence-electron chi connectivity index (χ3n) is 3.00. The molecule has 0 amide bonds. The molecular weight excluding hydrogens is 324 g/mol. The largest absolute Gasteiger partial charge is 0.300 e. The molecular formula is C11H17ClN2O4S2. The summed E-state index contributed by atoms with van der Waals surface area (Å²) in [6.45, 7) is 6.39. The highest BCUT2D eigenvalue weighted by Crippen LogP contribution is 2.37. The van der Waals surface area contributed by atoms with Crippen LogP contribution >= 0.6 is 22.9 Å². The Kier molecular flexibility index (Phi) is 5.93. The summed E-state index contributed by atoms with van der Waals surface area (Å²) >= 11 is 6.44. The highest BCUT2D eigenvalue weighted by molar-refractivity contribution is 7.91. The highest BCUT2D eigenvalue weighted by Gasteiger charge is 2.30. The van der Waals surface area contributed by atoms with Gasteiger partial charge in [-0.15, -0.1) is 11.3 Å². The van der Waals surface area contributed by atoms with Crippen LogP contribution in [0.15, 0.2) is 10.3 Å². The molecule has 1 unspecified atom stereocenters. The topological polar surface area (TPSA) is 80.5 Å². The smallest absolute Gasteiger partial charge is 0.258 e. The second-order valence-corrected chi connectivity index (χ2v) is 8.27. The van der Waals surface area contributed by atoms with Crippen LogP contribution in [-0.2, 0) is 10.0 Å². The average molecular weight is 341 g/mol. The molecule has 0 saturated carbocycles. The van der Waals surface area contributed by atoms with Gasteiger partial charge in [-0.2, -0.15) is 4.31 Å². The molecule has 1 aromatic rings. The van der Waals surface area contributed by atoms with E-state index in [-0.39, 0.29) is 20.2 Å². The van der Waals surface area contributed by atoms with Crippen LogP contribution in [0.4, 0.5) is 5.69 Å². The van der Waals surface area contributed by atoms with Crippen LogP contribution in [0.2, 0.25) is 4.34 Å². The summed E-state index contributed by atoms with van der Waals surface area (Å²) in [7, 11) is -3.73. The average Bonchev–Trinajstić information content (AvgIpc) is 2.78. The second kappa shape index (κ2) is 6.84. The molecule has 114 valence electrons. The molecule has 0 aliphatic rings. The summed E-state index contributed by atoms with van der Waals surface area (Å²) in [5, 5.41) is 10.7. The Morgan fingerprint density at radius 3 is 2.50 bits per heavy atom. The van der Waals surface area contributed by atoms with Crippen molar-refractivity contribution in [2.75, 3.05) is 13.1 Å². The van der Waals surface area contributed by atoms with Crippen molar-refractivity contribution in [3.63, 3.8) is 0 Å². The molecule has 0 bridgehead atoms. The van der Waals surface area contributed by atoms with Crippen LogP contribution in [0.3, 0.4) is 0 Å². The van der Waals surface area contributed by atoms with Crippen LogP contribution in [0.5, 0.6) is 0 Å². The number of thiophene rings is 1. The number of hydrogen-bond acceptors (Lipinski definition) is 5. The fraction of sp³-hybridized carbons (Fsp3) is 0.636. The first kappa shape index (κ1) is 17.4. The summed E-state index contributed by atoms with van der Waals surface area (Å²) < 4.78 is 26.0. The van der Waals surface area contributed by atoms with Gasteiger partial charge < -0.3 is 0 Å².